The third-order valence-corrected chi connectivity index (χ3v) is 5.94. The van der Waals surface area contributed by atoms with Crippen LogP contribution in [0.15, 0.2) is 42.5 Å². The molecule has 1 saturated heterocycles. The van der Waals surface area contributed by atoms with Crippen LogP contribution in [0.4, 0.5) is 22.0 Å². The molecule has 0 spiro atoms. The van der Waals surface area contributed by atoms with Gasteiger partial charge in [0.05, 0.1) is 5.56 Å². The summed E-state index contributed by atoms with van der Waals surface area (Å²) in [5, 5.41) is 4.25. The maximum Gasteiger partial charge on any atom is 0.422 e. The molecule has 1 fully saturated rings. The van der Waals surface area contributed by atoms with E-state index in [1.807, 2.05) is 0 Å². The van der Waals surface area contributed by atoms with Crippen LogP contribution in [0.5, 0.6) is 5.75 Å². The fourth-order valence-corrected chi connectivity index (χ4v) is 4.16. The molecular weight excluding hydrogens is 505 g/mol. The first kappa shape index (κ1) is 26.0. The second-order valence-electron chi connectivity index (χ2n) is 8.55. The molecule has 1 unspecified atom stereocenters. The molecule has 2 aromatic carbocycles. The Morgan fingerprint density at radius 2 is 1.81 bits per heavy atom. The Balaban J connectivity index is 1.43. The lowest BCUT2D eigenvalue weighted by Crippen LogP contribution is -2.52. The third-order valence-electron chi connectivity index (χ3n) is 5.94. The number of ether oxygens (including phenoxy) is 1. The molecular formula is C24H20F5N3O5. The number of rotatable bonds is 7. The zero-order valence-corrected chi connectivity index (χ0v) is 19.0. The Morgan fingerprint density at radius 1 is 1.08 bits per heavy atom. The molecule has 4 amide bonds. The molecule has 196 valence electrons. The predicted octanol–water partition coefficient (Wildman–Crippen LogP) is 2.80. The van der Waals surface area contributed by atoms with Gasteiger partial charge in [0.2, 0.25) is 11.8 Å². The van der Waals surface area contributed by atoms with Crippen LogP contribution < -0.4 is 15.4 Å². The highest BCUT2D eigenvalue weighted by atomic mass is 19.4. The van der Waals surface area contributed by atoms with Crippen molar-refractivity contribution >= 4 is 23.6 Å². The Morgan fingerprint density at radius 3 is 2.51 bits per heavy atom. The lowest BCUT2D eigenvalue weighted by Gasteiger charge is -2.29. The van der Waals surface area contributed by atoms with Crippen molar-refractivity contribution in [2.45, 2.75) is 44.1 Å². The number of amides is 4. The molecule has 2 aromatic rings. The monoisotopic (exact) mass is 525 g/mol. The number of imide groups is 1. The van der Waals surface area contributed by atoms with E-state index < -0.39 is 59.7 Å². The highest BCUT2D eigenvalue weighted by molar-refractivity contribution is 6.05. The molecule has 0 bridgehead atoms. The highest BCUT2D eigenvalue weighted by Gasteiger charge is 2.44. The third kappa shape index (κ3) is 5.54. The van der Waals surface area contributed by atoms with Crippen LogP contribution >= 0.6 is 0 Å². The number of hydrogen-bond acceptors (Lipinski definition) is 5. The molecule has 4 rings (SSSR count). The number of para-hydroxylation sites is 1. The van der Waals surface area contributed by atoms with Crippen molar-refractivity contribution in [2.75, 3.05) is 6.61 Å². The van der Waals surface area contributed by atoms with Gasteiger partial charge in [0, 0.05) is 25.1 Å². The molecule has 2 aliphatic rings. The van der Waals surface area contributed by atoms with Gasteiger partial charge in [-0.15, -0.1) is 0 Å². The Bertz CT molecular complexity index is 1260. The molecule has 0 radical (unpaired) electrons. The van der Waals surface area contributed by atoms with Gasteiger partial charge in [-0.2, -0.15) is 22.0 Å². The fourth-order valence-electron chi connectivity index (χ4n) is 4.16. The smallest absolute Gasteiger partial charge is 0.422 e. The molecule has 1 atom stereocenters. The fraction of sp³-hybridized carbons (Fsp3) is 0.333. The molecule has 0 aromatic heterocycles. The number of nitrogens with zero attached hydrogens (tertiary/aromatic N) is 1. The maximum atomic E-state index is 14.8. The summed E-state index contributed by atoms with van der Waals surface area (Å²) < 4.78 is 71.6. The van der Waals surface area contributed by atoms with Crippen molar-refractivity contribution in [3.05, 3.63) is 64.7 Å². The van der Waals surface area contributed by atoms with Crippen molar-refractivity contribution in [3.8, 4) is 5.75 Å². The van der Waals surface area contributed by atoms with Crippen molar-refractivity contribution < 1.29 is 45.9 Å². The number of benzene rings is 2. The second kappa shape index (κ2) is 9.79. The van der Waals surface area contributed by atoms with Crippen molar-refractivity contribution in [3.63, 3.8) is 0 Å². The number of halogens is 5. The van der Waals surface area contributed by atoms with Gasteiger partial charge in [0.25, 0.3) is 11.8 Å². The maximum absolute atomic E-state index is 14.8. The molecule has 0 saturated carbocycles. The lowest BCUT2D eigenvalue weighted by atomic mass is 10.0. The van der Waals surface area contributed by atoms with Crippen LogP contribution in [-0.4, -0.2) is 47.4 Å². The number of fused-ring (bicyclic) bond motifs is 1. The number of nitrogens with one attached hydrogen (secondary N) is 2. The zero-order valence-electron chi connectivity index (χ0n) is 19.0. The zero-order chi connectivity index (χ0) is 27.0. The summed E-state index contributed by atoms with van der Waals surface area (Å²) in [6, 6.07) is 7.66. The standard InChI is InChI=1S/C24H20F5N3O5/c25-23(26,27)12-37-18-4-2-1-3-16(18)24(28,29)22(36)30-10-13-5-6-15-14(9-13)11-32(21(15)35)17-7-8-19(33)31-20(17)34/h1-6,9,17H,7-8,10-12H2,(H,30,36)(H,31,33,34). The summed E-state index contributed by atoms with van der Waals surface area (Å²) >= 11 is 0. The summed E-state index contributed by atoms with van der Waals surface area (Å²) in [6.45, 7) is -2.10. The van der Waals surface area contributed by atoms with Crippen molar-refractivity contribution in [1.82, 2.24) is 15.5 Å². The van der Waals surface area contributed by atoms with Crippen LogP contribution in [0.25, 0.3) is 0 Å². The summed E-state index contributed by atoms with van der Waals surface area (Å²) in [4.78, 5) is 49.9. The first-order valence-corrected chi connectivity index (χ1v) is 11.1. The van der Waals surface area contributed by atoms with Gasteiger partial charge in [-0.1, -0.05) is 24.3 Å². The van der Waals surface area contributed by atoms with E-state index in [0.29, 0.717) is 16.7 Å². The minimum atomic E-state index is -4.76. The van der Waals surface area contributed by atoms with E-state index in [9.17, 15) is 41.1 Å². The molecule has 8 nitrogen and oxygen atoms in total. The molecule has 37 heavy (non-hydrogen) atoms. The number of hydrogen-bond donors (Lipinski definition) is 2. The average molecular weight is 525 g/mol. The number of alkyl halides is 5. The topological polar surface area (TPSA) is 105 Å². The lowest BCUT2D eigenvalue weighted by molar-refractivity contribution is -0.155. The van der Waals surface area contributed by atoms with Gasteiger partial charge in [-0.25, -0.2) is 0 Å². The minimum absolute atomic E-state index is 0.0578. The van der Waals surface area contributed by atoms with Gasteiger partial charge < -0.3 is 15.0 Å². The van der Waals surface area contributed by atoms with Gasteiger partial charge in [-0.3, -0.25) is 24.5 Å². The molecule has 2 heterocycles. The van der Waals surface area contributed by atoms with Gasteiger partial charge >= 0.3 is 12.1 Å². The van der Waals surface area contributed by atoms with Crippen LogP contribution in [0, 0.1) is 0 Å². The highest BCUT2D eigenvalue weighted by Crippen LogP contribution is 2.36. The van der Waals surface area contributed by atoms with E-state index in [1.165, 1.54) is 29.2 Å². The molecule has 2 N–H and O–H groups in total. The van der Waals surface area contributed by atoms with E-state index >= 15 is 0 Å². The van der Waals surface area contributed by atoms with E-state index in [-0.39, 0.29) is 25.9 Å². The number of piperidine rings is 1. The average Bonchev–Trinajstić information content (AvgIpc) is 3.16. The summed E-state index contributed by atoms with van der Waals surface area (Å²) in [7, 11) is 0. The molecule has 0 aliphatic carbocycles. The summed E-state index contributed by atoms with van der Waals surface area (Å²) in [5.41, 5.74) is 0.179. The summed E-state index contributed by atoms with van der Waals surface area (Å²) in [5.74, 6) is -8.14. The minimum Gasteiger partial charge on any atom is -0.484 e. The van der Waals surface area contributed by atoms with Crippen molar-refractivity contribution in [1.29, 1.82) is 0 Å². The van der Waals surface area contributed by atoms with Gasteiger partial charge in [0.1, 0.15) is 11.8 Å². The van der Waals surface area contributed by atoms with Crippen molar-refractivity contribution in [2.24, 2.45) is 0 Å². The Hall–Kier alpha value is -4.03. The first-order valence-electron chi connectivity index (χ1n) is 11.1. The summed E-state index contributed by atoms with van der Waals surface area (Å²) in [6.07, 6.45) is -4.49. The van der Waals surface area contributed by atoms with Gasteiger partial charge in [0.15, 0.2) is 6.61 Å². The van der Waals surface area contributed by atoms with Gasteiger partial charge in [-0.05, 0) is 35.7 Å². The van der Waals surface area contributed by atoms with Crippen LogP contribution in [0.1, 0.15) is 39.9 Å². The number of carbonyl (C=O) groups is 4. The Labute approximate surface area is 206 Å². The van der Waals surface area contributed by atoms with Crippen LogP contribution in [-0.2, 0) is 33.4 Å². The molecule has 2 aliphatic heterocycles. The number of carbonyl (C=O) groups excluding carboxylic acids is 4. The van der Waals surface area contributed by atoms with Crippen LogP contribution in [0.2, 0.25) is 0 Å². The van der Waals surface area contributed by atoms with E-state index in [1.54, 1.807) is 0 Å². The predicted molar refractivity (Wildman–Crippen MR) is 116 cm³/mol. The quantitative estimate of drug-likeness (QED) is 0.428. The SMILES string of the molecule is O=C1CCC(N2Cc3cc(CNC(=O)C(F)(F)c4ccccc4OCC(F)(F)F)ccc3C2=O)C(=O)N1. The largest absolute Gasteiger partial charge is 0.484 e. The van der Waals surface area contributed by atoms with E-state index in [0.717, 1.165) is 18.2 Å². The van der Waals surface area contributed by atoms with E-state index in [2.05, 4.69) is 15.4 Å². The molecule has 13 heteroatoms. The Kier molecular flexibility index (Phi) is 6.89. The second-order valence-corrected chi connectivity index (χ2v) is 8.55. The normalized spacial score (nSPS) is 17.9. The van der Waals surface area contributed by atoms with E-state index in [4.69, 9.17) is 0 Å². The van der Waals surface area contributed by atoms with Crippen LogP contribution in [0.3, 0.4) is 0 Å². The first-order chi connectivity index (χ1) is 17.4.